The largest absolute Gasteiger partial charge is 0.480 e. The highest BCUT2D eigenvalue weighted by Gasteiger charge is 2.42. The summed E-state index contributed by atoms with van der Waals surface area (Å²) >= 11 is 1.49. The van der Waals surface area contributed by atoms with Crippen molar-refractivity contribution < 1.29 is 22.7 Å². The van der Waals surface area contributed by atoms with Crippen molar-refractivity contribution in [3.63, 3.8) is 0 Å². The number of halogens is 1. The molecule has 0 spiro atoms. The van der Waals surface area contributed by atoms with Gasteiger partial charge in [0, 0.05) is 29.1 Å². The van der Waals surface area contributed by atoms with Gasteiger partial charge in [-0.25, -0.2) is 12.8 Å². The Balaban J connectivity index is 2.21. The van der Waals surface area contributed by atoms with Gasteiger partial charge in [0.25, 0.3) is 0 Å². The molecule has 1 aliphatic heterocycles. The maximum Gasteiger partial charge on any atom is 0.320 e. The lowest BCUT2D eigenvalue weighted by molar-refractivity contribution is -0.139. The third-order valence-electron chi connectivity index (χ3n) is 7.21. The highest BCUT2D eigenvalue weighted by Crippen LogP contribution is 2.46. The van der Waals surface area contributed by atoms with E-state index in [2.05, 4.69) is 24.1 Å². The third kappa shape index (κ3) is 7.06. The molecule has 0 fully saturated rings. The van der Waals surface area contributed by atoms with E-state index in [0.29, 0.717) is 12.2 Å². The first kappa shape index (κ1) is 29.5. The molecule has 0 saturated heterocycles. The molecule has 2 aromatic rings. The number of hydrogen-bond acceptors (Lipinski definition) is 6. The van der Waals surface area contributed by atoms with Crippen LogP contribution in [0.25, 0.3) is 0 Å². The number of nitrogens with zero attached hydrogens (tertiary/aromatic N) is 1. The Kier molecular flexibility index (Phi) is 10.1. The van der Waals surface area contributed by atoms with Crippen molar-refractivity contribution in [3.8, 4) is 0 Å². The average Bonchev–Trinajstić information content (AvgIpc) is 2.96. The fraction of sp³-hybridized carbons (Fsp3) is 0.536. The molecule has 1 unspecified atom stereocenters. The number of thioether (sulfide) groups is 1. The summed E-state index contributed by atoms with van der Waals surface area (Å²) in [6.07, 6.45) is 7.35. The fourth-order valence-electron chi connectivity index (χ4n) is 5.06. The summed E-state index contributed by atoms with van der Waals surface area (Å²) in [6.45, 7) is 6.57. The van der Waals surface area contributed by atoms with Crippen LogP contribution in [0, 0.1) is 11.2 Å². The molecular formula is C28H39FN2O4S2. The van der Waals surface area contributed by atoms with Crippen LogP contribution in [0.2, 0.25) is 0 Å². The SMILES string of the molecule is CCCCC1(CCCC)CN(c2ccc(F)cc2)c2cc(SC)c(CNC(C)C(=O)O)cc2S(=O)(=O)C1. The summed E-state index contributed by atoms with van der Waals surface area (Å²) in [5, 5.41) is 12.3. The Bertz CT molecular complexity index is 1180. The Hall–Kier alpha value is -2.10. The maximum absolute atomic E-state index is 14.1. The van der Waals surface area contributed by atoms with Crippen LogP contribution in [0.15, 0.2) is 46.2 Å². The second-order valence-corrected chi connectivity index (χ2v) is 12.9. The molecule has 204 valence electrons. The lowest BCUT2D eigenvalue weighted by Crippen LogP contribution is -2.38. The van der Waals surface area contributed by atoms with Crippen LogP contribution >= 0.6 is 11.8 Å². The highest BCUT2D eigenvalue weighted by molar-refractivity contribution is 7.98. The molecule has 0 radical (unpaired) electrons. The van der Waals surface area contributed by atoms with Crippen LogP contribution in [-0.4, -0.2) is 44.1 Å². The normalized spacial score (nSPS) is 17.2. The van der Waals surface area contributed by atoms with Crippen molar-refractivity contribution in [2.45, 2.75) is 81.7 Å². The predicted molar refractivity (Wildman–Crippen MR) is 149 cm³/mol. The highest BCUT2D eigenvalue weighted by atomic mass is 32.2. The zero-order valence-corrected chi connectivity index (χ0v) is 23.9. The van der Waals surface area contributed by atoms with Crippen molar-refractivity contribution in [1.82, 2.24) is 5.32 Å². The molecule has 1 heterocycles. The summed E-state index contributed by atoms with van der Waals surface area (Å²) in [4.78, 5) is 14.5. The average molecular weight is 551 g/mol. The van der Waals surface area contributed by atoms with E-state index in [1.165, 1.54) is 23.9 Å². The van der Waals surface area contributed by atoms with Crippen LogP contribution in [0.3, 0.4) is 0 Å². The number of carboxylic acids is 1. The van der Waals surface area contributed by atoms with E-state index in [-0.39, 0.29) is 23.0 Å². The first-order chi connectivity index (χ1) is 17.6. The number of sulfone groups is 1. The third-order valence-corrected chi connectivity index (χ3v) is 10.0. The van der Waals surface area contributed by atoms with E-state index in [0.717, 1.165) is 54.7 Å². The number of anilines is 2. The lowest BCUT2D eigenvalue weighted by atomic mass is 9.79. The first-order valence-corrected chi connectivity index (χ1v) is 15.9. The van der Waals surface area contributed by atoms with Gasteiger partial charge in [0.2, 0.25) is 0 Å². The second kappa shape index (κ2) is 12.6. The molecule has 6 nitrogen and oxygen atoms in total. The van der Waals surface area contributed by atoms with Gasteiger partial charge < -0.3 is 15.3 Å². The number of carboxylic acid groups (broad SMARTS) is 1. The summed E-state index contributed by atoms with van der Waals surface area (Å²) in [5.74, 6) is -1.25. The number of nitrogens with one attached hydrogen (secondary N) is 1. The zero-order valence-electron chi connectivity index (χ0n) is 22.2. The number of benzene rings is 2. The van der Waals surface area contributed by atoms with Gasteiger partial charge in [-0.05, 0) is 68.0 Å². The van der Waals surface area contributed by atoms with E-state index in [1.807, 2.05) is 12.3 Å². The molecule has 3 rings (SSSR count). The van der Waals surface area contributed by atoms with Gasteiger partial charge >= 0.3 is 5.97 Å². The van der Waals surface area contributed by atoms with Crippen molar-refractivity contribution >= 4 is 38.9 Å². The molecule has 0 amide bonds. The van der Waals surface area contributed by atoms with Gasteiger partial charge in [-0.1, -0.05) is 39.5 Å². The van der Waals surface area contributed by atoms with E-state index in [1.54, 1.807) is 25.1 Å². The van der Waals surface area contributed by atoms with Crippen molar-refractivity contribution in [2.75, 3.05) is 23.5 Å². The number of unbranched alkanes of at least 4 members (excludes halogenated alkanes) is 2. The van der Waals surface area contributed by atoms with E-state index in [4.69, 9.17) is 0 Å². The van der Waals surface area contributed by atoms with Crippen molar-refractivity contribution in [1.29, 1.82) is 0 Å². The number of rotatable bonds is 12. The molecule has 1 atom stereocenters. The van der Waals surface area contributed by atoms with Gasteiger partial charge in [-0.15, -0.1) is 11.8 Å². The number of fused-ring (bicyclic) bond motifs is 1. The molecule has 2 aromatic carbocycles. The number of aliphatic carboxylic acids is 1. The molecular weight excluding hydrogens is 511 g/mol. The van der Waals surface area contributed by atoms with E-state index < -0.39 is 27.3 Å². The molecule has 1 aliphatic rings. The Morgan fingerprint density at radius 3 is 2.32 bits per heavy atom. The van der Waals surface area contributed by atoms with Gasteiger partial charge in [-0.3, -0.25) is 4.79 Å². The second-order valence-electron chi connectivity index (χ2n) is 10.1. The standard InChI is InChI=1S/C28H39FN2O4S2/c1-5-7-13-28(14-8-6-2)18-31(23-11-9-22(29)10-12-23)24-16-25(36-4)21(17-30-20(3)27(32)33)15-26(24)37(34,35)19-28/h9-12,15-16,20,30H,5-8,13-14,17-19H2,1-4H3,(H,32,33). The van der Waals surface area contributed by atoms with Crippen LogP contribution in [0.5, 0.6) is 0 Å². The quantitative estimate of drug-likeness (QED) is 0.296. The lowest BCUT2D eigenvalue weighted by Gasteiger charge is -2.37. The minimum Gasteiger partial charge on any atom is -0.480 e. The zero-order chi connectivity index (χ0) is 27.2. The predicted octanol–water partition coefficient (Wildman–Crippen LogP) is 6.40. The molecule has 0 bridgehead atoms. The number of hydrogen-bond donors (Lipinski definition) is 2. The topological polar surface area (TPSA) is 86.7 Å². The Morgan fingerprint density at radius 2 is 1.78 bits per heavy atom. The Morgan fingerprint density at radius 1 is 1.16 bits per heavy atom. The number of carbonyl (C=O) groups is 1. The first-order valence-electron chi connectivity index (χ1n) is 13.0. The van der Waals surface area contributed by atoms with E-state index in [9.17, 15) is 22.7 Å². The van der Waals surface area contributed by atoms with E-state index >= 15 is 0 Å². The summed E-state index contributed by atoms with van der Waals surface area (Å²) in [7, 11) is -3.67. The van der Waals surface area contributed by atoms with Crippen molar-refractivity contribution in [2.24, 2.45) is 5.41 Å². The van der Waals surface area contributed by atoms with Crippen molar-refractivity contribution in [3.05, 3.63) is 47.8 Å². The minimum atomic E-state index is -3.67. The molecule has 0 aromatic heterocycles. The van der Waals surface area contributed by atoms with Crippen LogP contribution in [0.4, 0.5) is 15.8 Å². The summed E-state index contributed by atoms with van der Waals surface area (Å²) in [5.41, 5.74) is 1.67. The molecule has 0 aliphatic carbocycles. The molecule has 0 saturated carbocycles. The van der Waals surface area contributed by atoms with Crippen LogP contribution in [0.1, 0.15) is 64.9 Å². The molecule has 37 heavy (non-hydrogen) atoms. The van der Waals surface area contributed by atoms with Crippen LogP contribution in [-0.2, 0) is 21.2 Å². The van der Waals surface area contributed by atoms with Gasteiger partial charge in [0.05, 0.1) is 16.3 Å². The van der Waals surface area contributed by atoms with Gasteiger partial charge in [0.1, 0.15) is 11.9 Å². The fourth-order valence-corrected chi connectivity index (χ4v) is 7.83. The van der Waals surface area contributed by atoms with Gasteiger partial charge in [0.15, 0.2) is 9.84 Å². The maximum atomic E-state index is 14.1. The van der Waals surface area contributed by atoms with Crippen LogP contribution < -0.4 is 10.2 Å². The monoisotopic (exact) mass is 550 g/mol. The van der Waals surface area contributed by atoms with Gasteiger partial charge in [-0.2, -0.15) is 0 Å². The molecule has 9 heteroatoms. The molecule has 2 N–H and O–H groups in total. The summed E-state index contributed by atoms with van der Waals surface area (Å²) < 4.78 is 42.0. The Labute approximate surface area is 225 Å². The summed E-state index contributed by atoms with van der Waals surface area (Å²) in [6, 6.07) is 9.10. The minimum absolute atomic E-state index is 0.0572. The smallest absolute Gasteiger partial charge is 0.320 e.